The van der Waals surface area contributed by atoms with E-state index in [1.54, 1.807) is 25.1 Å². The van der Waals surface area contributed by atoms with Crippen molar-refractivity contribution >= 4 is 17.2 Å². The number of nitrogens with one attached hydrogen (secondary N) is 1. The molecule has 0 unspecified atom stereocenters. The van der Waals surface area contributed by atoms with Crippen LogP contribution in [0.3, 0.4) is 0 Å². The number of methoxy groups -OCH3 is 3. The van der Waals surface area contributed by atoms with Crippen molar-refractivity contribution in [3.63, 3.8) is 0 Å². The molecule has 10 heteroatoms. The van der Waals surface area contributed by atoms with Gasteiger partial charge in [-0.1, -0.05) is 30.3 Å². The summed E-state index contributed by atoms with van der Waals surface area (Å²) in [5.41, 5.74) is 1.99. The highest BCUT2D eigenvalue weighted by Crippen LogP contribution is 2.39. The Labute approximate surface area is 189 Å². The van der Waals surface area contributed by atoms with Crippen molar-refractivity contribution in [2.45, 2.75) is 13.5 Å². The fourth-order valence-corrected chi connectivity index (χ4v) is 3.55. The molecule has 0 fully saturated rings. The van der Waals surface area contributed by atoms with E-state index >= 15 is 0 Å². The molecule has 0 bridgehead atoms. The van der Waals surface area contributed by atoms with Crippen molar-refractivity contribution in [2.24, 2.45) is 0 Å². The van der Waals surface area contributed by atoms with Gasteiger partial charge in [0.1, 0.15) is 12.4 Å². The Balaban J connectivity index is 1.62. The van der Waals surface area contributed by atoms with Gasteiger partial charge < -0.3 is 19.5 Å². The van der Waals surface area contributed by atoms with Crippen molar-refractivity contribution < 1.29 is 19.0 Å². The third-order valence-corrected chi connectivity index (χ3v) is 5.05. The predicted molar refractivity (Wildman–Crippen MR) is 122 cm³/mol. The van der Waals surface area contributed by atoms with Gasteiger partial charge in [0, 0.05) is 29.4 Å². The molecule has 4 rings (SSSR count). The summed E-state index contributed by atoms with van der Waals surface area (Å²) >= 11 is 0. The molecule has 0 saturated heterocycles. The lowest BCUT2D eigenvalue weighted by atomic mass is 10.1. The molecule has 0 saturated carbocycles. The highest BCUT2D eigenvalue weighted by atomic mass is 16.5. The highest BCUT2D eigenvalue weighted by Gasteiger charge is 2.17. The number of hydrogen-bond donors (Lipinski definition) is 1. The van der Waals surface area contributed by atoms with E-state index in [0.717, 1.165) is 10.2 Å². The molecule has 0 aliphatic rings. The molecule has 33 heavy (non-hydrogen) atoms. The van der Waals surface area contributed by atoms with Gasteiger partial charge in [0.2, 0.25) is 11.7 Å². The number of aromatic nitrogens is 4. The molecule has 1 amide bonds. The standard InChI is InChI=1S/C23H23N5O5/c1-14-24-17(15-8-6-5-7-9-15)12-20-26-27(23(30)28(14)20)13-21(29)25-16-10-18(31-2)22(33-4)19(11-16)32-3/h5-12H,13H2,1-4H3,(H,25,29). The van der Waals surface area contributed by atoms with E-state index in [1.165, 1.54) is 25.7 Å². The molecule has 0 aliphatic carbocycles. The first-order valence-corrected chi connectivity index (χ1v) is 10.1. The van der Waals surface area contributed by atoms with Gasteiger partial charge in [0.15, 0.2) is 17.1 Å². The molecule has 2 heterocycles. The fourth-order valence-electron chi connectivity index (χ4n) is 3.55. The Morgan fingerprint density at radius 2 is 1.67 bits per heavy atom. The van der Waals surface area contributed by atoms with E-state index < -0.39 is 11.6 Å². The van der Waals surface area contributed by atoms with Crippen molar-refractivity contribution in [1.82, 2.24) is 19.2 Å². The molecule has 4 aromatic rings. The maximum absolute atomic E-state index is 12.9. The Hall–Kier alpha value is -4.34. The number of anilines is 1. The lowest BCUT2D eigenvalue weighted by molar-refractivity contribution is -0.117. The highest BCUT2D eigenvalue weighted by molar-refractivity contribution is 5.91. The summed E-state index contributed by atoms with van der Waals surface area (Å²) in [6.45, 7) is 1.44. The molecule has 0 radical (unpaired) electrons. The zero-order chi connectivity index (χ0) is 23.5. The van der Waals surface area contributed by atoms with Gasteiger partial charge in [-0.15, -0.1) is 5.10 Å². The SMILES string of the molecule is COc1cc(NC(=O)Cn2nc3cc(-c4ccccc4)nc(C)n3c2=O)cc(OC)c1OC. The summed E-state index contributed by atoms with van der Waals surface area (Å²) < 4.78 is 18.4. The maximum Gasteiger partial charge on any atom is 0.352 e. The topological polar surface area (TPSA) is 109 Å². The van der Waals surface area contributed by atoms with Crippen LogP contribution in [0, 0.1) is 6.92 Å². The van der Waals surface area contributed by atoms with Crippen LogP contribution in [0.25, 0.3) is 16.9 Å². The van der Waals surface area contributed by atoms with Crippen molar-refractivity contribution in [3.8, 4) is 28.5 Å². The number of benzene rings is 2. The van der Waals surface area contributed by atoms with Gasteiger partial charge in [-0.3, -0.25) is 4.79 Å². The van der Waals surface area contributed by atoms with Crippen LogP contribution in [-0.2, 0) is 11.3 Å². The van der Waals surface area contributed by atoms with E-state index in [2.05, 4.69) is 15.4 Å². The van der Waals surface area contributed by atoms with Gasteiger partial charge in [0.05, 0.1) is 27.0 Å². The molecule has 2 aromatic heterocycles. The number of amides is 1. The van der Waals surface area contributed by atoms with Crippen LogP contribution in [0.5, 0.6) is 17.2 Å². The van der Waals surface area contributed by atoms with E-state index in [1.807, 2.05) is 30.3 Å². The minimum Gasteiger partial charge on any atom is -0.493 e. The van der Waals surface area contributed by atoms with Crippen LogP contribution in [0.4, 0.5) is 5.69 Å². The quantitative estimate of drug-likeness (QED) is 0.462. The normalized spacial score (nSPS) is 10.8. The molecule has 170 valence electrons. The molecule has 10 nitrogen and oxygen atoms in total. The van der Waals surface area contributed by atoms with Gasteiger partial charge >= 0.3 is 5.69 Å². The second-order valence-corrected chi connectivity index (χ2v) is 7.15. The first-order chi connectivity index (χ1) is 15.9. The first-order valence-electron chi connectivity index (χ1n) is 10.1. The summed E-state index contributed by atoms with van der Waals surface area (Å²) in [6, 6.07) is 14.5. The van der Waals surface area contributed by atoms with E-state index in [9.17, 15) is 9.59 Å². The number of aryl methyl sites for hydroxylation is 1. The summed E-state index contributed by atoms with van der Waals surface area (Å²) in [7, 11) is 4.47. The van der Waals surface area contributed by atoms with Crippen LogP contribution in [-0.4, -0.2) is 46.4 Å². The Bertz CT molecular complexity index is 1350. The molecule has 0 atom stereocenters. The monoisotopic (exact) mass is 449 g/mol. The zero-order valence-corrected chi connectivity index (χ0v) is 18.7. The number of carbonyl (C=O) groups is 1. The third kappa shape index (κ3) is 4.22. The zero-order valence-electron chi connectivity index (χ0n) is 18.7. The van der Waals surface area contributed by atoms with E-state index in [4.69, 9.17) is 14.2 Å². The van der Waals surface area contributed by atoms with Gasteiger partial charge in [-0.2, -0.15) is 0 Å². The number of fused-ring (bicyclic) bond motifs is 1. The minimum atomic E-state index is -0.449. The van der Waals surface area contributed by atoms with Crippen LogP contribution >= 0.6 is 0 Å². The van der Waals surface area contributed by atoms with E-state index in [-0.39, 0.29) is 6.54 Å². The molecule has 1 N–H and O–H groups in total. The second kappa shape index (κ2) is 9.03. The summed E-state index contributed by atoms with van der Waals surface area (Å²) in [6.07, 6.45) is 0. The maximum atomic E-state index is 12.9. The number of nitrogens with zero attached hydrogens (tertiary/aromatic N) is 4. The fraction of sp³-hybridized carbons (Fsp3) is 0.217. The molecular weight excluding hydrogens is 426 g/mol. The summed E-state index contributed by atoms with van der Waals surface area (Å²) in [5, 5.41) is 7.07. The molecule has 0 aliphatic heterocycles. The van der Waals surface area contributed by atoms with Crippen molar-refractivity contribution in [2.75, 3.05) is 26.6 Å². The Morgan fingerprint density at radius 1 is 1.00 bits per heavy atom. The van der Waals surface area contributed by atoms with Crippen LogP contribution in [0.2, 0.25) is 0 Å². The predicted octanol–water partition coefficient (Wildman–Crippen LogP) is 2.53. The summed E-state index contributed by atoms with van der Waals surface area (Å²) in [4.78, 5) is 30.1. The summed E-state index contributed by atoms with van der Waals surface area (Å²) in [5.74, 6) is 1.24. The van der Waals surface area contributed by atoms with Gasteiger partial charge in [-0.25, -0.2) is 18.9 Å². The Morgan fingerprint density at radius 3 is 2.27 bits per heavy atom. The third-order valence-electron chi connectivity index (χ3n) is 5.05. The lowest BCUT2D eigenvalue weighted by Crippen LogP contribution is -2.28. The Kier molecular flexibility index (Phi) is 5.99. The van der Waals surface area contributed by atoms with Crippen LogP contribution in [0.1, 0.15) is 5.82 Å². The van der Waals surface area contributed by atoms with Gasteiger partial charge in [-0.05, 0) is 6.92 Å². The average molecular weight is 449 g/mol. The average Bonchev–Trinajstić information content (AvgIpc) is 3.13. The number of ether oxygens (including phenoxy) is 3. The number of rotatable bonds is 7. The minimum absolute atomic E-state index is 0.280. The lowest BCUT2D eigenvalue weighted by Gasteiger charge is -2.14. The van der Waals surface area contributed by atoms with Crippen molar-refractivity contribution in [3.05, 3.63) is 64.8 Å². The van der Waals surface area contributed by atoms with Gasteiger partial charge in [0.25, 0.3) is 0 Å². The van der Waals surface area contributed by atoms with Crippen molar-refractivity contribution in [1.29, 1.82) is 0 Å². The second-order valence-electron chi connectivity index (χ2n) is 7.15. The number of hydrogen-bond acceptors (Lipinski definition) is 7. The first kappa shape index (κ1) is 21.9. The van der Waals surface area contributed by atoms with Crippen LogP contribution < -0.4 is 25.2 Å². The smallest absolute Gasteiger partial charge is 0.352 e. The molecule has 2 aromatic carbocycles. The largest absolute Gasteiger partial charge is 0.493 e. The van der Waals surface area contributed by atoms with Crippen LogP contribution in [0.15, 0.2) is 53.3 Å². The molecule has 0 spiro atoms. The van der Waals surface area contributed by atoms with E-state index in [0.29, 0.717) is 40.1 Å². The number of carbonyl (C=O) groups excluding carboxylic acids is 1. The molecular formula is C23H23N5O5.